The molecule has 0 radical (unpaired) electrons. The van der Waals surface area contributed by atoms with E-state index in [-0.39, 0.29) is 11.7 Å². The number of anilines is 1. The first kappa shape index (κ1) is 25.7. The van der Waals surface area contributed by atoms with Crippen molar-refractivity contribution in [2.24, 2.45) is 5.92 Å². The number of ether oxygens (including phenoxy) is 1. The highest BCUT2D eigenvalue weighted by molar-refractivity contribution is 7.99. The zero-order valence-electron chi connectivity index (χ0n) is 20.9. The summed E-state index contributed by atoms with van der Waals surface area (Å²) >= 11 is 4.48. The summed E-state index contributed by atoms with van der Waals surface area (Å²) in [6.07, 6.45) is 3.40. The SMILES string of the molecule is CCn1c(SCC(=O)Nc2scc(-c3ccccc3)c2C(=O)OC)nnc1-c1csc2c1CCC(C)C2. The maximum atomic E-state index is 12.9. The quantitative estimate of drug-likeness (QED) is 0.201. The van der Waals surface area contributed by atoms with Crippen LogP contribution in [0, 0.1) is 5.92 Å². The molecule has 7 nitrogen and oxygen atoms in total. The minimum atomic E-state index is -0.480. The molecule has 0 spiro atoms. The van der Waals surface area contributed by atoms with Gasteiger partial charge < -0.3 is 14.6 Å². The fourth-order valence-electron chi connectivity index (χ4n) is 4.62. The summed E-state index contributed by atoms with van der Waals surface area (Å²) in [5.41, 5.74) is 4.58. The molecule has 0 bridgehead atoms. The third-order valence-electron chi connectivity index (χ3n) is 6.53. The first-order valence-electron chi connectivity index (χ1n) is 12.2. The molecular weight excluding hydrogens is 525 g/mol. The number of carbonyl (C=O) groups excluding carboxylic acids is 2. The first-order valence-corrected chi connectivity index (χ1v) is 14.9. The van der Waals surface area contributed by atoms with Crippen LogP contribution in [0.15, 0.2) is 46.2 Å². The zero-order valence-corrected chi connectivity index (χ0v) is 23.4. The average Bonchev–Trinajstić information content (AvgIpc) is 3.63. The highest BCUT2D eigenvalue weighted by atomic mass is 32.2. The number of benzene rings is 1. The zero-order chi connectivity index (χ0) is 25.9. The third-order valence-corrected chi connectivity index (χ3v) is 9.44. The van der Waals surface area contributed by atoms with E-state index >= 15 is 0 Å². The number of rotatable bonds is 8. The molecule has 0 saturated heterocycles. The molecule has 5 rings (SSSR count). The van der Waals surface area contributed by atoms with Crippen LogP contribution in [-0.4, -0.2) is 39.5 Å². The number of thiophene rings is 2. The average molecular weight is 553 g/mol. The Morgan fingerprint density at radius 1 is 1.16 bits per heavy atom. The van der Waals surface area contributed by atoms with Crippen LogP contribution in [0.2, 0.25) is 0 Å². The summed E-state index contributed by atoms with van der Waals surface area (Å²) < 4.78 is 7.09. The second kappa shape index (κ2) is 11.2. The fourth-order valence-corrected chi connectivity index (χ4v) is 7.64. The van der Waals surface area contributed by atoms with Gasteiger partial charge >= 0.3 is 5.97 Å². The Morgan fingerprint density at radius 2 is 1.95 bits per heavy atom. The van der Waals surface area contributed by atoms with E-state index in [1.54, 1.807) is 0 Å². The van der Waals surface area contributed by atoms with Gasteiger partial charge in [-0.3, -0.25) is 4.79 Å². The summed E-state index contributed by atoms with van der Waals surface area (Å²) in [5, 5.41) is 17.1. The normalized spacial score (nSPS) is 14.8. The lowest BCUT2D eigenvalue weighted by atomic mass is 9.88. The van der Waals surface area contributed by atoms with E-state index in [0.29, 0.717) is 22.3 Å². The molecule has 0 saturated carbocycles. The van der Waals surface area contributed by atoms with Crippen LogP contribution in [0.5, 0.6) is 0 Å². The number of nitrogens with zero attached hydrogens (tertiary/aromatic N) is 3. The maximum Gasteiger partial charge on any atom is 0.341 e. The number of methoxy groups -OCH3 is 1. The van der Waals surface area contributed by atoms with Crippen LogP contribution >= 0.6 is 34.4 Å². The minimum Gasteiger partial charge on any atom is -0.465 e. The van der Waals surface area contributed by atoms with Crippen molar-refractivity contribution in [2.75, 3.05) is 18.2 Å². The summed E-state index contributed by atoms with van der Waals surface area (Å²) in [7, 11) is 1.34. The van der Waals surface area contributed by atoms with Gasteiger partial charge in [-0.05, 0) is 43.2 Å². The molecule has 37 heavy (non-hydrogen) atoms. The Morgan fingerprint density at radius 3 is 2.70 bits per heavy atom. The minimum absolute atomic E-state index is 0.149. The van der Waals surface area contributed by atoms with Gasteiger partial charge in [0.05, 0.1) is 12.9 Å². The van der Waals surface area contributed by atoms with Crippen molar-refractivity contribution in [3.8, 4) is 22.5 Å². The molecular formula is C27H28N4O3S3. The molecule has 1 aliphatic rings. The molecule has 1 aliphatic carbocycles. The van der Waals surface area contributed by atoms with Gasteiger partial charge in [0.1, 0.15) is 10.6 Å². The molecule has 1 aromatic carbocycles. The Hall–Kier alpha value is -2.95. The van der Waals surface area contributed by atoms with E-state index < -0.39 is 5.97 Å². The summed E-state index contributed by atoms with van der Waals surface area (Å²) in [5.74, 6) is 1.05. The largest absolute Gasteiger partial charge is 0.465 e. The van der Waals surface area contributed by atoms with Crippen LogP contribution in [0.1, 0.15) is 41.1 Å². The molecule has 192 valence electrons. The Labute approximate surface area is 228 Å². The lowest BCUT2D eigenvalue weighted by Crippen LogP contribution is -2.16. The van der Waals surface area contributed by atoms with Crippen LogP contribution in [0.25, 0.3) is 22.5 Å². The number of hydrogen-bond acceptors (Lipinski definition) is 8. The second-order valence-electron chi connectivity index (χ2n) is 9.00. The van der Waals surface area contributed by atoms with Crippen molar-refractivity contribution in [3.05, 3.63) is 57.1 Å². The Kier molecular flexibility index (Phi) is 7.78. The van der Waals surface area contributed by atoms with E-state index in [1.807, 2.05) is 47.0 Å². The molecule has 1 atom stereocenters. The predicted octanol–water partition coefficient (Wildman–Crippen LogP) is 6.40. The van der Waals surface area contributed by atoms with Crippen molar-refractivity contribution in [1.82, 2.24) is 14.8 Å². The molecule has 1 unspecified atom stereocenters. The molecule has 0 fully saturated rings. The summed E-state index contributed by atoms with van der Waals surface area (Å²) in [6.45, 7) is 5.09. The van der Waals surface area contributed by atoms with Crippen LogP contribution in [0.4, 0.5) is 5.00 Å². The van der Waals surface area contributed by atoms with E-state index in [2.05, 4.69) is 39.3 Å². The lowest BCUT2D eigenvalue weighted by Gasteiger charge is -2.19. The van der Waals surface area contributed by atoms with Gasteiger partial charge in [0.2, 0.25) is 5.91 Å². The van der Waals surface area contributed by atoms with Gasteiger partial charge in [-0.1, -0.05) is 49.0 Å². The number of thioether (sulfide) groups is 1. The van der Waals surface area contributed by atoms with Gasteiger partial charge in [0.25, 0.3) is 0 Å². The number of aromatic nitrogens is 3. The molecule has 1 N–H and O–H groups in total. The topological polar surface area (TPSA) is 86.1 Å². The number of nitrogens with one attached hydrogen (secondary N) is 1. The number of hydrogen-bond donors (Lipinski definition) is 1. The molecule has 3 aromatic heterocycles. The van der Waals surface area contributed by atoms with Gasteiger partial charge in [-0.2, -0.15) is 0 Å². The fraction of sp³-hybridized carbons (Fsp3) is 0.333. The van der Waals surface area contributed by atoms with E-state index in [1.165, 1.54) is 52.6 Å². The van der Waals surface area contributed by atoms with E-state index in [0.717, 1.165) is 35.7 Å². The summed E-state index contributed by atoms with van der Waals surface area (Å²) in [6, 6.07) is 9.59. The second-order valence-corrected chi connectivity index (χ2v) is 11.8. The maximum absolute atomic E-state index is 12.9. The highest BCUT2D eigenvalue weighted by Gasteiger charge is 2.25. The standard InChI is InChI=1S/C27H28N4O3S3/c1-4-31-24(20-14-35-21-12-16(2)10-11-18(20)21)29-30-27(31)37-15-22(32)28-25-23(26(33)34-3)19(13-36-25)17-8-6-5-7-9-17/h5-9,13-14,16H,4,10-12,15H2,1-3H3,(H,28,32). The molecule has 10 heteroatoms. The number of esters is 1. The Balaban J connectivity index is 1.31. The Bertz CT molecular complexity index is 1420. The third kappa shape index (κ3) is 5.23. The van der Waals surface area contributed by atoms with Crippen molar-refractivity contribution < 1.29 is 14.3 Å². The first-order chi connectivity index (χ1) is 18.0. The molecule has 0 aliphatic heterocycles. The summed E-state index contributed by atoms with van der Waals surface area (Å²) in [4.78, 5) is 27.0. The van der Waals surface area contributed by atoms with Crippen LogP contribution in [-0.2, 0) is 28.9 Å². The highest BCUT2D eigenvalue weighted by Crippen LogP contribution is 2.39. The van der Waals surface area contributed by atoms with Crippen molar-refractivity contribution in [2.45, 2.75) is 44.8 Å². The molecule has 4 aromatic rings. The smallest absolute Gasteiger partial charge is 0.341 e. The number of fused-ring (bicyclic) bond motifs is 1. The van der Waals surface area contributed by atoms with Crippen molar-refractivity contribution in [1.29, 1.82) is 0 Å². The lowest BCUT2D eigenvalue weighted by molar-refractivity contribution is -0.113. The number of carbonyl (C=O) groups is 2. The van der Waals surface area contributed by atoms with Gasteiger partial charge in [0, 0.05) is 33.3 Å². The predicted molar refractivity (Wildman–Crippen MR) is 151 cm³/mol. The van der Waals surface area contributed by atoms with E-state index in [9.17, 15) is 9.59 Å². The number of amides is 1. The monoisotopic (exact) mass is 552 g/mol. The van der Waals surface area contributed by atoms with Gasteiger partial charge in [-0.15, -0.1) is 32.9 Å². The van der Waals surface area contributed by atoms with Gasteiger partial charge in [0.15, 0.2) is 11.0 Å². The molecule has 1 amide bonds. The van der Waals surface area contributed by atoms with E-state index in [4.69, 9.17) is 4.74 Å². The van der Waals surface area contributed by atoms with Crippen LogP contribution in [0.3, 0.4) is 0 Å². The van der Waals surface area contributed by atoms with Crippen molar-refractivity contribution >= 4 is 51.3 Å². The van der Waals surface area contributed by atoms with Crippen molar-refractivity contribution in [3.63, 3.8) is 0 Å². The molecule has 3 heterocycles. The van der Waals surface area contributed by atoms with Crippen LogP contribution < -0.4 is 5.32 Å². The van der Waals surface area contributed by atoms with Gasteiger partial charge in [-0.25, -0.2) is 4.79 Å².